The molecule has 47 heavy (non-hydrogen) atoms. The first-order valence-electron chi connectivity index (χ1n) is 16.3. The van der Waals surface area contributed by atoms with E-state index in [4.69, 9.17) is 0 Å². The Bertz CT molecular complexity index is 2380. The second-order valence-corrected chi connectivity index (χ2v) is 12.9. The minimum absolute atomic E-state index is 0.0898. The number of ketones is 1. The smallest absolute Gasteiger partial charge is 0.196 e. The molecular formula is C44H30O3. The van der Waals surface area contributed by atoms with E-state index in [-0.39, 0.29) is 16.6 Å². The number of rotatable bonds is 8. The number of hydrogen-bond acceptors (Lipinski definition) is 3. The summed E-state index contributed by atoms with van der Waals surface area (Å²) in [6.45, 7) is 0. The molecule has 9 rings (SSSR count). The Hall–Kier alpha value is -5.67. The zero-order valence-electron chi connectivity index (χ0n) is 25.7. The molecule has 8 aromatic carbocycles. The largest absolute Gasteiger partial charge is 0.289 e. The summed E-state index contributed by atoms with van der Waals surface area (Å²) >= 11 is 0. The maximum atomic E-state index is 14.2. The third-order valence-electron chi connectivity index (χ3n) is 10.7. The molecule has 0 spiro atoms. The quantitative estimate of drug-likeness (QED) is 0.163. The molecule has 0 bridgehead atoms. The van der Waals surface area contributed by atoms with Crippen LogP contribution in [0.25, 0.3) is 21.5 Å². The van der Waals surface area contributed by atoms with Gasteiger partial charge in [0.1, 0.15) is 0 Å². The molecule has 0 aromatic heterocycles. The van der Waals surface area contributed by atoms with E-state index in [9.17, 15) is 14.4 Å². The van der Waals surface area contributed by atoms with Gasteiger partial charge in [-0.15, -0.1) is 0 Å². The Balaban J connectivity index is 1.28. The van der Waals surface area contributed by atoms with Crippen LogP contribution in [0.2, 0.25) is 0 Å². The van der Waals surface area contributed by atoms with Crippen molar-refractivity contribution in [2.45, 2.75) is 30.1 Å². The lowest BCUT2D eigenvalue weighted by molar-refractivity contribution is 0.103. The average Bonchev–Trinajstić information content (AvgIpc) is 4.02. The van der Waals surface area contributed by atoms with Crippen LogP contribution in [-0.4, -0.2) is 5.78 Å². The van der Waals surface area contributed by atoms with Crippen molar-refractivity contribution in [3.63, 3.8) is 0 Å². The van der Waals surface area contributed by atoms with E-state index in [0.717, 1.165) is 29.5 Å². The molecular weight excluding hydrogens is 576 g/mol. The fourth-order valence-electron chi connectivity index (χ4n) is 8.67. The van der Waals surface area contributed by atoms with Crippen molar-refractivity contribution in [3.05, 3.63) is 211 Å². The number of benzene rings is 6. The molecule has 1 unspecified atom stereocenters. The summed E-state index contributed by atoms with van der Waals surface area (Å²) in [6.07, 6.45) is 2.20. The Morgan fingerprint density at radius 3 is 1.53 bits per heavy atom. The standard InChI is InChI=1S/C44H30O3/c45-40-32-24-13-14-25-33(32)44(31-22-11-4-12-23-31,39-37(40)35-34(41(35)46)36-38(39)42(36)47)27-15-26-43(28-16-5-1-6-17-28,29-18-7-2-8-19-29)30-20-9-3-10-21-30/h1-14,16-25H,15,26-27H2. The van der Waals surface area contributed by atoms with E-state index in [0.29, 0.717) is 39.1 Å². The van der Waals surface area contributed by atoms with E-state index in [1.165, 1.54) is 16.7 Å². The van der Waals surface area contributed by atoms with Crippen molar-refractivity contribution in [3.8, 4) is 0 Å². The van der Waals surface area contributed by atoms with Crippen molar-refractivity contribution in [2.24, 2.45) is 0 Å². The fraction of sp³-hybridized carbons (Fsp3) is 0.114. The van der Waals surface area contributed by atoms with E-state index in [1.807, 2.05) is 36.4 Å². The fourth-order valence-corrected chi connectivity index (χ4v) is 8.67. The second kappa shape index (κ2) is 10.2. The Morgan fingerprint density at radius 1 is 0.489 bits per heavy atom. The maximum Gasteiger partial charge on any atom is 0.196 e. The van der Waals surface area contributed by atoms with Crippen LogP contribution >= 0.6 is 0 Å². The van der Waals surface area contributed by atoms with Gasteiger partial charge in [-0.1, -0.05) is 152 Å². The maximum absolute atomic E-state index is 14.2. The normalized spacial score (nSPS) is 16.2. The highest BCUT2D eigenvalue weighted by Crippen LogP contribution is 2.55. The van der Waals surface area contributed by atoms with Crippen molar-refractivity contribution in [2.75, 3.05) is 0 Å². The number of fused-ring (bicyclic) bond motifs is 7. The zero-order chi connectivity index (χ0) is 31.8. The van der Waals surface area contributed by atoms with Crippen molar-refractivity contribution < 1.29 is 4.79 Å². The third-order valence-corrected chi connectivity index (χ3v) is 10.7. The minimum Gasteiger partial charge on any atom is -0.289 e. The highest BCUT2D eigenvalue weighted by atomic mass is 16.1. The summed E-state index contributed by atoms with van der Waals surface area (Å²) in [4.78, 5) is 40.8. The van der Waals surface area contributed by atoms with Gasteiger partial charge in [0.2, 0.25) is 0 Å². The van der Waals surface area contributed by atoms with Gasteiger partial charge in [0.05, 0.1) is 0 Å². The van der Waals surface area contributed by atoms with Gasteiger partial charge >= 0.3 is 0 Å². The lowest BCUT2D eigenvalue weighted by Gasteiger charge is -2.42. The van der Waals surface area contributed by atoms with Gasteiger partial charge in [-0.05, 0) is 46.2 Å². The molecule has 3 heteroatoms. The van der Waals surface area contributed by atoms with Crippen molar-refractivity contribution in [1.82, 2.24) is 0 Å². The first-order valence-corrected chi connectivity index (χ1v) is 16.3. The first-order chi connectivity index (χ1) is 23.1. The highest BCUT2D eigenvalue weighted by molar-refractivity contribution is 6.34. The molecule has 0 radical (unpaired) electrons. The predicted octanol–water partition coefficient (Wildman–Crippen LogP) is 8.55. The summed E-state index contributed by atoms with van der Waals surface area (Å²) in [7, 11) is 0. The van der Waals surface area contributed by atoms with Crippen LogP contribution in [0.1, 0.15) is 68.6 Å². The predicted molar refractivity (Wildman–Crippen MR) is 188 cm³/mol. The van der Waals surface area contributed by atoms with Crippen LogP contribution < -0.4 is 10.9 Å². The molecule has 0 amide bonds. The monoisotopic (exact) mass is 606 g/mol. The second-order valence-electron chi connectivity index (χ2n) is 12.9. The van der Waals surface area contributed by atoms with E-state index in [1.54, 1.807) is 0 Å². The number of hydrogen-bond donors (Lipinski definition) is 0. The molecule has 0 aliphatic heterocycles. The molecule has 224 valence electrons. The van der Waals surface area contributed by atoms with Crippen LogP contribution in [0.15, 0.2) is 155 Å². The molecule has 1 atom stereocenters. The molecule has 0 saturated carbocycles. The van der Waals surface area contributed by atoms with E-state index in [2.05, 4.69) is 109 Å². The van der Waals surface area contributed by atoms with Crippen molar-refractivity contribution >= 4 is 27.3 Å². The average molecular weight is 607 g/mol. The van der Waals surface area contributed by atoms with E-state index < -0.39 is 10.8 Å². The highest BCUT2D eigenvalue weighted by Gasteiger charge is 2.51. The van der Waals surface area contributed by atoms with Crippen LogP contribution in [-0.2, 0) is 10.8 Å². The lowest BCUT2D eigenvalue weighted by atomic mass is 9.59. The Morgan fingerprint density at radius 2 is 0.957 bits per heavy atom. The van der Waals surface area contributed by atoms with Gasteiger partial charge in [-0.3, -0.25) is 14.4 Å². The number of carbonyl (C=O) groups excluding carboxylic acids is 1. The molecule has 0 fully saturated rings. The van der Waals surface area contributed by atoms with Gasteiger partial charge in [0.25, 0.3) is 0 Å². The Kier molecular flexibility index (Phi) is 5.98. The summed E-state index contributed by atoms with van der Waals surface area (Å²) in [5, 5.41) is 2.03. The molecule has 8 aromatic rings. The van der Waals surface area contributed by atoms with Crippen LogP contribution in [0.3, 0.4) is 0 Å². The number of carbonyl (C=O) groups is 1. The van der Waals surface area contributed by atoms with Gasteiger partial charge < -0.3 is 0 Å². The van der Waals surface area contributed by atoms with Crippen LogP contribution in [0, 0.1) is 0 Å². The summed E-state index contributed by atoms with van der Waals surface area (Å²) in [6, 6.07) is 50.2. The first kappa shape index (κ1) is 27.6. The summed E-state index contributed by atoms with van der Waals surface area (Å²) < 4.78 is 0. The van der Waals surface area contributed by atoms with Crippen LogP contribution in [0.4, 0.5) is 0 Å². The zero-order valence-corrected chi connectivity index (χ0v) is 25.7. The summed E-state index contributed by atoms with van der Waals surface area (Å²) in [5.41, 5.74) is 5.88. The third kappa shape index (κ3) is 3.77. The molecule has 0 saturated heterocycles. The van der Waals surface area contributed by atoms with Gasteiger partial charge in [0.15, 0.2) is 16.6 Å². The molecule has 1 aliphatic rings. The lowest BCUT2D eigenvalue weighted by Crippen LogP contribution is -2.38. The molecule has 3 nitrogen and oxygen atoms in total. The topological polar surface area (TPSA) is 51.2 Å². The van der Waals surface area contributed by atoms with E-state index >= 15 is 0 Å². The molecule has 1 aliphatic carbocycles. The molecule has 0 heterocycles. The van der Waals surface area contributed by atoms with Gasteiger partial charge in [0, 0.05) is 43.5 Å². The van der Waals surface area contributed by atoms with Crippen molar-refractivity contribution in [1.29, 1.82) is 0 Å². The van der Waals surface area contributed by atoms with Gasteiger partial charge in [-0.2, -0.15) is 0 Å². The Labute approximate surface area is 272 Å². The summed E-state index contributed by atoms with van der Waals surface area (Å²) in [5.74, 6) is -0.154. The van der Waals surface area contributed by atoms with Gasteiger partial charge in [-0.25, -0.2) is 0 Å². The SMILES string of the molecule is O=C1c2ccccc2C(CCCC(c2ccccc2)(c2ccccc2)c2ccccc2)(c2ccccc2)c2c1c1c(=O)c1c1c(=O)c21. The minimum atomic E-state index is -0.787. The van der Waals surface area contributed by atoms with Crippen LogP contribution in [0.5, 0.6) is 0 Å². The molecule has 0 N–H and O–H groups in total.